The SMILES string of the molecule is CCNCCCC1CCCCO1. The minimum Gasteiger partial charge on any atom is -0.378 e. The molecule has 0 bridgehead atoms. The number of hydrogen-bond acceptors (Lipinski definition) is 2. The minimum atomic E-state index is 0.567. The molecule has 0 spiro atoms. The first-order chi connectivity index (χ1) is 5.93. The van der Waals surface area contributed by atoms with E-state index in [4.69, 9.17) is 4.74 Å². The zero-order valence-electron chi connectivity index (χ0n) is 8.14. The second-order valence-corrected chi connectivity index (χ2v) is 3.48. The average Bonchev–Trinajstić information content (AvgIpc) is 2.14. The lowest BCUT2D eigenvalue weighted by Crippen LogP contribution is -2.21. The van der Waals surface area contributed by atoms with Crippen molar-refractivity contribution in [3.63, 3.8) is 0 Å². The fourth-order valence-corrected chi connectivity index (χ4v) is 1.67. The van der Waals surface area contributed by atoms with E-state index in [0.717, 1.165) is 19.7 Å². The van der Waals surface area contributed by atoms with Gasteiger partial charge in [-0.25, -0.2) is 0 Å². The Balaban J connectivity index is 1.91. The van der Waals surface area contributed by atoms with Crippen LogP contribution in [0.5, 0.6) is 0 Å². The van der Waals surface area contributed by atoms with E-state index < -0.39 is 0 Å². The molecule has 1 fully saturated rings. The van der Waals surface area contributed by atoms with Gasteiger partial charge in [0.05, 0.1) is 6.10 Å². The summed E-state index contributed by atoms with van der Waals surface area (Å²) in [5, 5.41) is 3.33. The highest BCUT2D eigenvalue weighted by Gasteiger charge is 2.12. The summed E-state index contributed by atoms with van der Waals surface area (Å²) >= 11 is 0. The zero-order valence-corrected chi connectivity index (χ0v) is 8.14. The van der Waals surface area contributed by atoms with Gasteiger partial charge in [-0.3, -0.25) is 0 Å². The van der Waals surface area contributed by atoms with Gasteiger partial charge in [-0.15, -0.1) is 0 Å². The summed E-state index contributed by atoms with van der Waals surface area (Å²) in [6.07, 6.45) is 6.99. The van der Waals surface area contributed by atoms with Crippen molar-refractivity contribution < 1.29 is 4.74 Å². The molecular formula is C10H21NO. The quantitative estimate of drug-likeness (QED) is 0.638. The van der Waals surface area contributed by atoms with Crippen LogP contribution in [-0.2, 0) is 4.74 Å². The molecule has 0 radical (unpaired) electrons. The van der Waals surface area contributed by atoms with E-state index in [0.29, 0.717) is 6.10 Å². The van der Waals surface area contributed by atoms with Crippen LogP contribution in [0.4, 0.5) is 0 Å². The Hall–Kier alpha value is -0.0800. The van der Waals surface area contributed by atoms with Crippen molar-refractivity contribution >= 4 is 0 Å². The molecule has 0 aromatic heterocycles. The van der Waals surface area contributed by atoms with Gasteiger partial charge in [-0.05, 0) is 45.2 Å². The fourth-order valence-electron chi connectivity index (χ4n) is 1.67. The second kappa shape index (κ2) is 6.44. The van der Waals surface area contributed by atoms with Gasteiger partial charge in [0.1, 0.15) is 0 Å². The maximum absolute atomic E-state index is 5.63. The molecule has 1 unspecified atom stereocenters. The monoisotopic (exact) mass is 171 g/mol. The van der Waals surface area contributed by atoms with Gasteiger partial charge < -0.3 is 10.1 Å². The highest BCUT2D eigenvalue weighted by molar-refractivity contribution is 4.63. The van der Waals surface area contributed by atoms with Crippen molar-refractivity contribution in [2.24, 2.45) is 0 Å². The Morgan fingerprint density at radius 2 is 2.33 bits per heavy atom. The molecule has 0 saturated carbocycles. The summed E-state index contributed by atoms with van der Waals surface area (Å²) in [5.74, 6) is 0. The largest absolute Gasteiger partial charge is 0.378 e. The summed E-state index contributed by atoms with van der Waals surface area (Å²) in [6, 6.07) is 0. The highest BCUT2D eigenvalue weighted by atomic mass is 16.5. The van der Waals surface area contributed by atoms with Crippen LogP contribution in [0.3, 0.4) is 0 Å². The van der Waals surface area contributed by atoms with Crippen LogP contribution >= 0.6 is 0 Å². The molecule has 2 heteroatoms. The lowest BCUT2D eigenvalue weighted by Gasteiger charge is -2.22. The molecule has 72 valence electrons. The molecule has 1 aliphatic heterocycles. The van der Waals surface area contributed by atoms with Crippen LogP contribution in [0.25, 0.3) is 0 Å². The molecule has 12 heavy (non-hydrogen) atoms. The van der Waals surface area contributed by atoms with E-state index in [9.17, 15) is 0 Å². The number of hydrogen-bond donors (Lipinski definition) is 1. The van der Waals surface area contributed by atoms with Gasteiger partial charge in [0.15, 0.2) is 0 Å². The van der Waals surface area contributed by atoms with E-state index in [2.05, 4.69) is 12.2 Å². The highest BCUT2D eigenvalue weighted by Crippen LogP contribution is 2.16. The molecule has 1 saturated heterocycles. The molecule has 1 heterocycles. The van der Waals surface area contributed by atoms with E-state index in [-0.39, 0.29) is 0 Å². The Bertz CT molecular complexity index is 100. The Kier molecular flexibility index (Phi) is 5.37. The van der Waals surface area contributed by atoms with Gasteiger partial charge >= 0.3 is 0 Å². The van der Waals surface area contributed by atoms with E-state index in [1.807, 2.05) is 0 Å². The number of nitrogens with one attached hydrogen (secondary N) is 1. The molecule has 1 aliphatic rings. The lowest BCUT2D eigenvalue weighted by atomic mass is 10.0. The molecule has 0 amide bonds. The normalized spacial score (nSPS) is 24.2. The van der Waals surface area contributed by atoms with Gasteiger partial charge in [-0.1, -0.05) is 6.92 Å². The van der Waals surface area contributed by atoms with Crippen molar-refractivity contribution in [1.29, 1.82) is 0 Å². The summed E-state index contributed by atoms with van der Waals surface area (Å²) < 4.78 is 5.63. The first kappa shape index (κ1) is 10.0. The number of ether oxygens (including phenoxy) is 1. The molecule has 1 N–H and O–H groups in total. The van der Waals surface area contributed by atoms with Gasteiger partial charge in [0.25, 0.3) is 0 Å². The predicted molar refractivity (Wildman–Crippen MR) is 51.4 cm³/mol. The molecule has 0 aromatic carbocycles. The third-order valence-electron chi connectivity index (χ3n) is 2.40. The molecule has 0 aromatic rings. The maximum Gasteiger partial charge on any atom is 0.0575 e. The van der Waals surface area contributed by atoms with E-state index in [1.54, 1.807) is 0 Å². The minimum absolute atomic E-state index is 0.567. The smallest absolute Gasteiger partial charge is 0.0575 e. The standard InChI is InChI=1S/C10H21NO/c1-2-11-8-5-7-10-6-3-4-9-12-10/h10-11H,2-9H2,1H3. The second-order valence-electron chi connectivity index (χ2n) is 3.48. The van der Waals surface area contributed by atoms with Crippen LogP contribution in [0.15, 0.2) is 0 Å². The van der Waals surface area contributed by atoms with Crippen LogP contribution in [-0.4, -0.2) is 25.8 Å². The van der Waals surface area contributed by atoms with Crippen molar-refractivity contribution in [3.05, 3.63) is 0 Å². The Morgan fingerprint density at radius 3 is 3.00 bits per heavy atom. The van der Waals surface area contributed by atoms with Crippen molar-refractivity contribution in [1.82, 2.24) is 5.32 Å². The molecule has 2 nitrogen and oxygen atoms in total. The topological polar surface area (TPSA) is 21.3 Å². The van der Waals surface area contributed by atoms with E-state index in [1.165, 1.54) is 32.1 Å². The van der Waals surface area contributed by atoms with Gasteiger partial charge in [-0.2, -0.15) is 0 Å². The van der Waals surface area contributed by atoms with Crippen LogP contribution < -0.4 is 5.32 Å². The molecule has 1 rings (SSSR count). The molecular weight excluding hydrogens is 150 g/mol. The fraction of sp³-hybridized carbons (Fsp3) is 1.00. The van der Waals surface area contributed by atoms with Gasteiger partial charge in [0.2, 0.25) is 0 Å². The maximum atomic E-state index is 5.63. The first-order valence-corrected chi connectivity index (χ1v) is 5.26. The third kappa shape index (κ3) is 4.07. The number of rotatable bonds is 5. The zero-order chi connectivity index (χ0) is 8.65. The predicted octanol–water partition coefficient (Wildman–Crippen LogP) is 1.95. The van der Waals surface area contributed by atoms with Crippen LogP contribution in [0, 0.1) is 0 Å². The first-order valence-electron chi connectivity index (χ1n) is 5.26. The van der Waals surface area contributed by atoms with Gasteiger partial charge in [0, 0.05) is 6.61 Å². The van der Waals surface area contributed by atoms with Crippen molar-refractivity contribution in [2.45, 2.75) is 45.1 Å². The summed E-state index contributed by atoms with van der Waals surface area (Å²) in [5.41, 5.74) is 0. The summed E-state index contributed by atoms with van der Waals surface area (Å²) in [7, 11) is 0. The average molecular weight is 171 g/mol. The third-order valence-corrected chi connectivity index (χ3v) is 2.40. The Labute approximate surface area is 75.7 Å². The lowest BCUT2D eigenvalue weighted by molar-refractivity contribution is 0.0102. The molecule has 0 aliphatic carbocycles. The summed E-state index contributed by atoms with van der Waals surface area (Å²) in [6.45, 7) is 5.38. The van der Waals surface area contributed by atoms with E-state index >= 15 is 0 Å². The van der Waals surface area contributed by atoms with Crippen molar-refractivity contribution in [3.8, 4) is 0 Å². The van der Waals surface area contributed by atoms with Crippen molar-refractivity contribution in [2.75, 3.05) is 19.7 Å². The van der Waals surface area contributed by atoms with Crippen LogP contribution in [0.1, 0.15) is 39.0 Å². The molecule has 1 atom stereocenters. The summed E-state index contributed by atoms with van der Waals surface area (Å²) in [4.78, 5) is 0. The van der Waals surface area contributed by atoms with Crippen LogP contribution in [0.2, 0.25) is 0 Å². The Morgan fingerprint density at radius 1 is 1.42 bits per heavy atom.